The second kappa shape index (κ2) is 6.29. The lowest BCUT2D eigenvalue weighted by atomic mass is 9.70. The number of allylic oxidation sites excluding steroid dienone is 1. The molecule has 0 spiro atoms. The fourth-order valence-electron chi connectivity index (χ4n) is 3.40. The van der Waals surface area contributed by atoms with E-state index in [9.17, 15) is 20.5 Å². The molecule has 0 saturated heterocycles. The Morgan fingerprint density at radius 1 is 1.48 bits per heavy atom. The highest BCUT2D eigenvalue weighted by Crippen LogP contribution is 2.43. The van der Waals surface area contributed by atoms with Crippen molar-refractivity contribution in [2.45, 2.75) is 46.1 Å². The number of phenols is 1. The van der Waals surface area contributed by atoms with Crippen LogP contribution in [-0.4, -0.2) is 16.1 Å². The Kier molecular flexibility index (Phi) is 4.60. The zero-order chi connectivity index (χ0) is 17.2. The molecule has 6 heteroatoms. The number of hydrogen-bond donors (Lipinski definition) is 2. The first-order valence-electron chi connectivity index (χ1n) is 7.60. The summed E-state index contributed by atoms with van der Waals surface area (Å²) in [5.74, 6) is -0.0802. The molecule has 1 unspecified atom stereocenters. The summed E-state index contributed by atoms with van der Waals surface area (Å²) >= 11 is 0. The van der Waals surface area contributed by atoms with Crippen molar-refractivity contribution in [3.8, 4) is 11.8 Å². The molecule has 0 heterocycles. The summed E-state index contributed by atoms with van der Waals surface area (Å²) < 4.78 is 0. The molecular formula is C17H21N3O3. The zero-order valence-corrected chi connectivity index (χ0v) is 13.6. The molecule has 1 aromatic rings. The molecule has 6 nitrogen and oxygen atoms in total. The maximum Gasteiger partial charge on any atom is 0.292 e. The van der Waals surface area contributed by atoms with Crippen LogP contribution in [0.2, 0.25) is 0 Å². The van der Waals surface area contributed by atoms with Crippen molar-refractivity contribution < 1.29 is 10.0 Å². The van der Waals surface area contributed by atoms with Gasteiger partial charge < -0.3 is 10.4 Å². The third-order valence-electron chi connectivity index (χ3n) is 4.44. The number of nitro groups is 1. The number of anilines is 1. The molecule has 0 aromatic heterocycles. The van der Waals surface area contributed by atoms with E-state index >= 15 is 0 Å². The third-order valence-corrected chi connectivity index (χ3v) is 4.44. The van der Waals surface area contributed by atoms with E-state index in [2.05, 4.69) is 25.2 Å². The Balaban J connectivity index is 2.43. The molecule has 0 saturated carbocycles. The number of benzene rings is 1. The topological polar surface area (TPSA) is 99.2 Å². The zero-order valence-electron chi connectivity index (χ0n) is 13.6. The van der Waals surface area contributed by atoms with E-state index in [1.54, 1.807) is 0 Å². The molecule has 2 N–H and O–H groups in total. The van der Waals surface area contributed by atoms with E-state index in [0.29, 0.717) is 0 Å². The van der Waals surface area contributed by atoms with Gasteiger partial charge in [-0.2, -0.15) is 5.26 Å². The second-order valence-electron chi connectivity index (χ2n) is 6.60. The van der Waals surface area contributed by atoms with E-state index in [4.69, 9.17) is 0 Å². The Morgan fingerprint density at radius 3 is 2.74 bits per heavy atom. The van der Waals surface area contributed by atoms with Crippen LogP contribution in [0.4, 0.5) is 11.4 Å². The van der Waals surface area contributed by atoms with Crippen LogP contribution in [0.15, 0.2) is 29.3 Å². The Morgan fingerprint density at radius 2 is 2.17 bits per heavy atom. The van der Waals surface area contributed by atoms with Crippen LogP contribution in [0, 0.1) is 26.9 Å². The maximum absolute atomic E-state index is 11.2. The van der Waals surface area contributed by atoms with E-state index in [0.717, 1.165) is 30.4 Å². The molecule has 0 fully saturated rings. The summed E-state index contributed by atoms with van der Waals surface area (Å²) in [7, 11) is 0. The fourth-order valence-corrected chi connectivity index (χ4v) is 3.40. The Hall–Kier alpha value is -2.55. The van der Waals surface area contributed by atoms with Gasteiger partial charge in [-0.3, -0.25) is 10.1 Å². The number of nitro benzene ring substituents is 1. The van der Waals surface area contributed by atoms with Crippen LogP contribution in [0.25, 0.3) is 0 Å². The van der Waals surface area contributed by atoms with Crippen molar-refractivity contribution in [1.82, 2.24) is 0 Å². The molecule has 0 bridgehead atoms. The number of phenolic OH excluding ortho intramolecular Hbond substituents is 1. The average Bonchev–Trinajstić information content (AvgIpc) is 2.44. The smallest absolute Gasteiger partial charge is 0.292 e. The Bertz CT molecular complexity index is 702. The highest BCUT2D eigenvalue weighted by molar-refractivity contribution is 5.66. The van der Waals surface area contributed by atoms with Crippen molar-refractivity contribution in [3.05, 3.63) is 39.5 Å². The van der Waals surface area contributed by atoms with Gasteiger partial charge in [0.05, 0.1) is 11.0 Å². The van der Waals surface area contributed by atoms with Crippen LogP contribution in [-0.2, 0) is 0 Å². The minimum atomic E-state index is -0.661. The van der Waals surface area contributed by atoms with Gasteiger partial charge in [0.25, 0.3) is 5.69 Å². The molecule has 1 aliphatic rings. The first-order valence-corrected chi connectivity index (χ1v) is 7.60. The largest absolute Gasteiger partial charge is 0.508 e. The van der Waals surface area contributed by atoms with Crippen LogP contribution in [0.1, 0.15) is 40.0 Å². The lowest BCUT2D eigenvalue weighted by Gasteiger charge is -2.37. The summed E-state index contributed by atoms with van der Waals surface area (Å²) in [5, 5.41) is 33.3. The maximum atomic E-state index is 11.2. The van der Waals surface area contributed by atoms with E-state index in [1.807, 2.05) is 6.92 Å². The number of rotatable bonds is 4. The first kappa shape index (κ1) is 16.8. The predicted molar refractivity (Wildman–Crippen MR) is 88.1 cm³/mol. The van der Waals surface area contributed by atoms with E-state index in [1.165, 1.54) is 18.2 Å². The summed E-state index contributed by atoms with van der Waals surface area (Å²) in [6, 6.07) is 5.34. The molecule has 0 amide bonds. The number of hydrogen-bond acceptors (Lipinski definition) is 5. The summed E-state index contributed by atoms with van der Waals surface area (Å²) in [6.07, 6.45) is 2.98. The standard InChI is InChI=1S/C17H21N3O3/c1-11-5-4-8-17(2,3)16(11)14(10-18)19-13-9-12(21)6-7-15(13)20(22)23/h6-7,9,14,19,21H,4-5,8H2,1-3H3. The van der Waals surface area contributed by atoms with E-state index in [-0.39, 0.29) is 22.5 Å². The van der Waals surface area contributed by atoms with Gasteiger partial charge in [0, 0.05) is 12.1 Å². The van der Waals surface area contributed by atoms with Gasteiger partial charge in [-0.25, -0.2) is 0 Å². The normalized spacial score (nSPS) is 18.2. The summed E-state index contributed by atoms with van der Waals surface area (Å²) in [4.78, 5) is 10.6. The van der Waals surface area contributed by atoms with Crippen molar-refractivity contribution >= 4 is 11.4 Å². The Labute approximate surface area is 135 Å². The second-order valence-corrected chi connectivity index (χ2v) is 6.60. The van der Waals surface area contributed by atoms with Crippen LogP contribution in [0.5, 0.6) is 5.75 Å². The van der Waals surface area contributed by atoms with Gasteiger partial charge >= 0.3 is 0 Å². The van der Waals surface area contributed by atoms with E-state index < -0.39 is 11.0 Å². The molecule has 2 rings (SSSR count). The highest BCUT2D eigenvalue weighted by Gasteiger charge is 2.34. The number of nitrogens with zero attached hydrogens (tertiary/aromatic N) is 2. The lowest BCUT2D eigenvalue weighted by molar-refractivity contribution is -0.384. The predicted octanol–water partition coefficient (Wildman–Crippen LogP) is 4.13. The molecule has 1 atom stereocenters. The third kappa shape index (κ3) is 3.45. The van der Waals surface area contributed by atoms with Gasteiger partial charge in [0.1, 0.15) is 17.5 Å². The average molecular weight is 315 g/mol. The van der Waals surface area contributed by atoms with Gasteiger partial charge in [-0.05, 0) is 43.2 Å². The van der Waals surface area contributed by atoms with Gasteiger partial charge in [-0.15, -0.1) is 0 Å². The lowest BCUT2D eigenvalue weighted by Crippen LogP contribution is -2.33. The molecule has 122 valence electrons. The fraction of sp³-hybridized carbons (Fsp3) is 0.471. The highest BCUT2D eigenvalue weighted by atomic mass is 16.6. The minimum Gasteiger partial charge on any atom is -0.508 e. The summed E-state index contributed by atoms with van der Waals surface area (Å²) in [5.41, 5.74) is 2.01. The molecule has 0 radical (unpaired) electrons. The number of aromatic hydroxyl groups is 1. The van der Waals surface area contributed by atoms with Gasteiger partial charge in [0.2, 0.25) is 0 Å². The van der Waals surface area contributed by atoms with Crippen LogP contribution >= 0.6 is 0 Å². The molecule has 0 aliphatic heterocycles. The summed E-state index contributed by atoms with van der Waals surface area (Å²) in [6.45, 7) is 6.20. The van der Waals surface area contributed by atoms with Gasteiger partial charge in [-0.1, -0.05) is 19.4 Å². The SMILES string of the molecule is CC1=C(C(C#N)Nc2cc(O)ccc2[N+](=O)[O-])C(C)(C)CCC1. The quantitative estimate of drug-likeness (QED) is 0.494. The number of nitrogens with one attached hydrogen (secondary N) is 1. The van der Waals surface area contributed by atoms with Crippen LogP contribution < -0.4 is 5.32 Å². The van der Waals surface area contributed by atoms with Gasteiger partial charge in [0.15, 0.2) is 0 Å². The molecule has 1 aromatic carbocycles. The first-order chi connectivity index (χ1) is 10.8. The molecular weight excluding hydrogens is 294 g/mol. The van der Waals surface area contributed by atoms with Crippen LogP contribution in [0.3, 0.4) is 0 Å². The number of nitriles is 1. The minimum absolute atomic E-state index is 0.0802. The van der Waals surface area contributed by atoms with Crippen molar-refractivity contribution in [1.29, 1.82) is 5.26 Å². The molecule has 23 heavy (non-hydrogen) atoms. The van der Waals surface area contributed by atoms with Crippen molar-refractivity contribution in [2.24, 2.45) is 5.41 Å². The molecule has 1 aliphatic carbocycles. The monoisotopic (exact) mass is 315 g/mol. The van der Waals surface area contributed by atoms with Crippen molar-refractivity contribution in [2.75, 3.05) is 5.32 Å². The van der Waals surface area contributed by atoms with Crippen molar-refractivity contribution in [3.63, 3.8) is 0 Å².